The molecule has 3 rings (SSSR count). The molecule has 4 heteroatoms. The van der Waals surface area contributed by atoms with Crippen LogP contribution in [0.2, 0.25) is 0 Å². The third-order valence-electron chi connectivity index (χ3n) is 4.37. The minimum atomic E-state index is -0.438. The second kappa shape index (κ2) is 6.48. The molecule has 0 saturated heterocycles. The summed E-state index contributed by atoms with van der Waals surface area (Å²) in [7, 11) is 0. The lowest BCUT2D eigenvalue weighted by Crippen LogP contribution is -2.31. The van der Waals surface area contributed by atoms with Gasteiger partial charge in [-0.3, -0.25) is 14.4 Å². The zero-order chi connectivity index (χ0) is 18.1. The number of carbonyl (C=O) groups is 3. The van der Waals surface area contributed by atoms with Crippen LogP contribution in [-0.4, -0.2) is 18.1 Å². The van der Waals surface area contributed by atoms with Gasteiger partial charge in [0.1, 0.15) is 0 Å². The molecule has 0 fully saturated rings. The van der Waals surface area contributed by atoms with Gasteiger partial charge in [0.2, 0.25) is 0 Å². The zero-order valence-electron chi connectivity index (χ0n) is 14.3. The molecule has 0 spiro atoms. The van der Waals surface area contributed by atoms with Crippen LogP contribution in [0, 0.1) is 0 Å². The van der Waals surface area contributed by atoms with Crippen molar-refractivity contribution in [2.24, 2.45) is 0 Å². The predicted molar refractivity (Wildman–Crippen MR) is 97.3 cm³/mol. The first kappa shape index (κ1) is 16.8. The van der Waals surface area contributed by atoms with E-state index in [9.17, 15) is 14.4 Å². The van der Waals surface area contributed by atoms with Gasteiger partial charge in [-0.05, 0) is 37.0 Å². The Morgan fingerprint density at radius 3 is 2.40 bits per heavy atom. The number of hydrogen-bond donors (Lipinski definition) is 0. The number of imide groups is 1. The molecule has 126 valence electrons. The van der Waals surface area contributed by atoms with E-state index >= 15 is 0 Å². The highest BCUT2D eigenvalue weighted by molar-refractivity contribution is 6.36. The second-order valence-corrected chi connectivity index (χ2v) is 6.25. The van der Waals surface area contributed by atoms with E-state index in [4.69, 9.17) is 0 Å². The number of rotatable bonds is 5. The number of aryl methyl sites for hydroxylation is 1. The highest BCUT2D eigenvalue weighted by Gasteiger charge is 2.39. The monoisotopic (exact) mass is 333 g/mol. The molecule has 2 amide bonds. The fraction of sp³-hybridized carbons (Fsp3) is 0.190. The smallest absolute Gasteiger partial charge is 0.266 e. The molecule has 25 heavy (non-hydrogen) atoms. The van der Waals surface area contributed by atoms with Crippen molar-refractivity contribution in [2.45, 2.75) is 26.7 Å². The standard InChI is InChI=1S/C21H19NO3/c1-4-14-7-5-8-15(11-13(2)3)19(14)22-20(24)17-10-6-9-16(12-23)18(17)21(22)25/h5-10,12H,2,4,11H2,1,3H3. The lowest BCUT2D eigenvalue weighted by Gasteiger charge is -2.22. The predicted octanol–water partition coefficient (Wildman–Crippen LogP) is 3.98. The van der Waals surface area contributed by atoms with E-state index in [1.807, 2.05) is 32.0 Å². The Morgan fingerprint density at radius 2 is 1.76 bits per heavy atom. The minimum Gasteiger partial charge on any atom is -0.298 e. The fourth-order valence-electron chi connectivity index (χ4n) is 3.30. The van der Waals surface area contributed by atoms with E-state index in [0.717, 1.165) is 16.7 Å². The number of para-hydroxylation sites is 1. The molecule has 0 atom stereocenters. The number of nitrogens with zero attached hydrogens (tertiary/aromatic N) is 1. The largest absolute Gasteiger partial charge is 0.298 e. The summed E-state index contributed by atoms with van der Waals surface area (Å²) in [6, 6.07) is 10.5. The normalized spacial score (nSPS) is 13.1. The Hall–Kier alpha value is -3.01. The van der Waals surface area contributed by atoms with Gasteiger partial charge in [-0.1, -0.05) is 49.4 Å². The Balaban J connectivity index is 2.22. The summed E-state index contributed by atoms with van der Waals surface area (Å²) < 4.78 is 0. The van der Waals surface area contributed by atoms with Crippen molar-refractivity contribution in [3.05, 3.63) is 76.4 Å². The highest BCUT2D eigenvalue weighted by atomic mass is 16.2. The van der Waals surface area contributed by atoms with E-state index in [1.54, 1.807) is 18.2 Å². The molecular weight excluding hydrogens is 314 g/mol. The molecule has 2 aromatic rings. The number of hydrogen-bond acceptors (Lipinski definition) is 3. The number of amides is 2. The molecule has 1 aliphatic rings. The highest BCUT2D eigenvalue weighted by Crippen LogP contribution is 2.35. The van der Waals surface area contributed by atoms with E-state index < -0.39 is 5.91 Å². The molecule has 2 aromatic carbocycles. The maximum absolute atomic E-state index is 13.0. The van der Waals surface area contributed by atoms with Crippen molar-refractivity contribution < 1.29 is 14.4 Å². The molecule has 4 nitrogen and oxygen atoms in total. The summed E-state index contributed by atoms with van der Waals surface area (Å²) in [5, 5.41) is 0. The van der Waals surface area contributed by atoms with Crippen LogP contribution in [0.4, 0.5) is 5.69 Å². The van der Waals surface area contributed by atoms with Gasteiger partial charge in [0.25, 0.3) is 11.8 Å². The van der Waals surface area contributed by atoms with Crippen LogP contribution in [0.1, 0.15) is 56.0 Å². The maximum atomic E-state index is 13.0. The van der Waals surface area contributed by atoms with Gasteiger partial charge in [0, 0.05) is 5.56 Å². The van der Waals surface area contributed by atoms with Crippen molar-refractivity contribution in [1.29, 1.82) is 0 Å². The summed E-state index contributed by atoms with van der Waals surface area (Å²) >= 11 is 0. The summed E-state index contributed by atoms with van der Waals surface area (Å²) in [6.45, 7) is 7.84. The van der Waals surface area contributed by atoms with Crippen LogP contribution in [0.15, 0.2) is 48.6 Å². The van der Waals surface area contributed by atoms with Gasteiger partial charge in [-0.15, -0.1) is 0 Å². The van der Waals surface area contributed by atoms with E-state index in [-0.39, 0.29) is 22.6 Å². The molecule has 0 aromatic heterocycles. The molecular formula is C21H19NO3. The Morgan fingerprint density at radius 1 is 1.08 bits per heavy atom. The van der Waals surface area contributed by atoms with Crippen molar-refractivity contribution >= 4 is 23.8 Å². The van der Waals surface area contributed by atoms with Crippen LogP contribution in [0.3, 0.4) is 0 Å². The van der Waals surface area contributed by atoms with Gasteiger partial charge in [-0.2, -0.15) is 0 Å². The summed E-state index contributed by atoms with van der Waals surface area (Å²) in [5.41, 5.74) is 4.08. The summed E-state index contributed by atoms with van der Waals surface area (Å²) in [5.74, 6) is -0.820. The van der Waals surface area contributed by atoms with Crippen LogP contribution in [0.25, 0.3) is 0 Å². The Kier molecular flexibility index (Phi) is 4.36. The zero-order valence-corrected chi connectivity index (χ0v) is 14.3. The van der Waals surface area contributed by atoms with E-state index in [1.165, 1.54) is 4.90 Å². The Labute approximate surface area is 146 Å². The van der Waals surface area contributed by atoms with Gasteiger partial charge < -0.3 is 0 Å². The van der Waals surface area contributed by atoms with Gasteiger partial charge in [0.15, 0.2) is 6.29 Å². The number of carbonyl (C=O) groups excluding carboxylic acids is 3. The van der Waals surface area contributed by atoms with Gasteiger partial charge in [0.05, 0.1) is 16.8 Å². The lowest BCUT2D eigenvalue weighted by atomic mass is 9.99. The molecule has 1 heterocycles. The molecule has 0 N–H and O–H groups in total. The van der Waals surface area contributed by atoms with E-state index in [0.29, 0.717) is 24.8 Å². The topological polar surface area (TPSA) is 54.5 Å². The van der Waals surface area contributed by atoms with Crippen LogP contribution in [-0.2, 0) is 12.8 Å². The number of anilines is 1. The lowest BCUT2D eigenvalue weighted by molar-refractivity contribution is 0.0923. The number of aldehydes is 1. The molecule has 1 aliphatic heterocycles. The first-order valence-corrected chi connectivity index (χ1v) is 8.21. The average molecular weight is 333 g/mol. The van der Waals surface area contributed by atoms with Crippen molar-refractivity contribution in [3.63, 3.8) is 0 Å². The molecule has 0 radical (unpaired) electrons. The average Bonchev–Trinajstić information content (AvgIpc) is 2.85. The first-order chi connectivity index (χ1) is 12.0. The van der Waals surface area contributed by atoms with Crippen LogP contribution < -0.4 is 4.90 Å². The Bertz CT molecular complexity index is 911. The fourth-order valence-corrected chi connectivity index (χ4v) is 3.30. The van der Waals surface area contributed by atoms with Crippen molar-refractivity contribution in [2.75, 3.05) is 4.90 Å². The van der Waals surface area contributed by atoms with Gasteiger partial charge >= 0.3 is 0 Å². The first-order valence-electron chi connectivity index (χ1n) is 8.21. The molecule has 0 unspecified atom stereocenters. The second-order valence-electron chi connectivity index (χ2n) is 6.25. The third kappa shape index (κ3) is 2.70. The van der Waals surface area contributed by atoms with E-state index in [2.05, 4.69) is 6.58 Å². The summed E-state index contributed by atoms with van der Waals surface area (Å²) in [4.78, 5) is 38.5. The van der Waals surface area contributed by atoms with Crippen LogP contribution in [0.5, 0.6) is 0 Å². The minimum absolute atomic E-state index is 0.190. The SMILES string of the molecule is C=C(C)Cc1cccc(CC)c1N1C(=O)c2cccc(C=O)c2C1=O. The van der Waals surface area contributed by atoms with Crippen LogP contribution >= 0.6 is 0 Å². The quantitative estimate of drug-likeness (QED) is 0.472. The number of fused-ring (bicyclic) bond motifs is 1. The third-order valence-corrected chi connectivity index (χ3v) is 4.37. The summed E-state index contributed by atoms with van der Waals surface area (Å²) in [6.07, 6.45) is 1.89. The van der Waals surface area contributed by atoms with Gasteiger partial charge in [-0.25, -0.2) is 4.90 Å². The number of benzene rings is 2. The molecule has 0 saturated carbocycles. The van der Waals surface area contributed by atoms with Crippen molar-refractivity contribution in [1.82, 2.24) is 0 Å². The maximum Gasteiger partial charge on any atom is 0.266 e. The molecule has 0 bridgehead atoms. The molecule has 0 aliphatic carbocycles. The van der Waals surface area contributed by atoms with Crippen molar-refractivity contribution in [3.8, 4) is 0 Å². The number of allylic oxidation sites excluding steroid dienone is 1.